The van der Waals surface area contributed by atoms with Crippen molar-refractivity contribution in [3.05, 3.63) is 89.4 Å². The molecule has 1 atom stereocenters. The molecule has 1 nitrogen and oxygen atoms in total. The number of hydrogen-bond donors (Lipinski definition) is 0. The Morgan fingerprint density at radius 3 is 2.19 bits per heavy atom. The van der Waals surface area contributed by atoms with E-state index in [4.69, 9.17) is 0 Å². The van der Waals surface area contributed by atoms with E-state index >= 15 is 4.39 Å². The highest BCUT2D eigenvalue weighted by Crippen LogP contribution is 2.50. The number of rotatable bonds is 2. The van der Waals surface area contributed by atoms with Gasteiger partial charge in [0.15, 0.2) is 5.82 Å². The van der Waals surface area contributed by atoms with Crippen LogP contribution in [-0.4, -0.2) is 16.8 Å². The van der Waals surface area contributed by atoms with Crippen LogP contribution in [0.15, 0.2) is 66.9 Å². The lowest BCUT2D eigenvalue weighted by Gasteiger charge is -2.33. The average molecular weight is 455 g/mol. The highest BCUT2D eigenvalue weighted by molar-refractivity contribution is 5.98. The molecule has 0 bridgehead atoms. The van der Waals surface area contributed by atoms with E-state index < -0.39 is 46.9 Å². The predicted octanol–water partition coefficient (Wildman–Crippen LogP) is 7.53. The third-order valence-electron chi connectivity index (χ3n) is 5.33. The van der Waals surface area contributed by atoms with Gasteiger partial charge in [-0.05, 0) is 34.9 Å². The quantitative estimate of drug-likeness (QED) is 0.364. The molecule has 1 aliphatic carbocycles. The minimum absolute atomic E-state index is 0.00169. The Labute approximate surface area is 176 Å². The van der Waals surface area contributed by atoms with E-state index in [0.717, 1.165) is 24.4 Å². The van der Waals surface area contributed by atoms with Crippen LogP contribution in [0.5, 0.6) is 0 Å². The van der Waals surface area contributed by atoms with Gasteiger partial charge in [0.25, 0.3) is 0 Å². The van der Waals surface area contributed by atoms with E-state index in [1.807, 2.05) is 0 Å². The summed E-state index contributed by atoms with van der Waals surface area (Å²) in [5, 5.41) is -0.0359. The molecule has 0 amide bonds. The number of nitrogens with zero attached hydrogens (tertiary/aromatic N) is 1. The van der Waals surface area contributed by atoms with Gasteiger partial charge < -0.3 is 0 Å². The average Bonchev–Trinajstić information content (AvgIpc) is 2.73. The summed E-state index contributed by atoms with van der Waals surface area (Å²) in [6.07, 6.45) is -8.13. The van der Waals surface area contributed by atoms with Gasteiger partial charge in [-0.2, -0.15) is 26.3 Å². The number of aromatic nitrogens is 1. The maximum Gasteiger partial charge on any atom is 0.427 e. The second kappa shape index (κ2) is 7.43. The summed E-state index contributed by atoms with van der Waals surface area (Å²) in [6.45, 7) is 0. The maximum absolute atomic E-state index is 15.2. The molecular formula is C23H13F8N. The Morgan fingerprint density at radius 2 is 1.56 bits per heavy atom. The molecule has 0 radical (unpaired) electrons. The van der Waals surface area contributed by atoms with Gasteiger partial charge in [-0.1, -0.05) is 42.5 Å². The van der Waals surface area contributed by atoms with Crippen LogP contribution >= 0.6 is 0 Å². The molecule has 0 spiro atoms. The molecule has 9 heteroatoms. The molecule has 2 aromatic carbocycles. The highest BCUT2D eigenvalue weighted by atomic mass is 19.4. The minimum Gasteiger partial charge on any atom is -0.253 e. The van der Waals surface area contributed by atoms with Crippen molar-refractivity contribution in [1.29, 1.82) is 0 Å². The molecule has 0 saturated carbocycles. The highest BCUT2D eigenvalue weighted by Gasteiger charge is 2.58. The van der Waals surface area contributed by atoms with Gasteiger partial charge in [-0.15, -0.1) is 0 Å². The normalized spacial score (nSPS) is 19.6. The molecule has 1 aromatic heterocycles. The molecule has 32 heavy (non-hydrogen) atoms. The Hall–Kier alpha value is -3.23. The Balaban J connectivity index is 1.91. The van der Waals surface area contributed by atoms with E-state index in [2.05, 4.69) is 4.98 Å². The number of pyridine rings is 1. The van der Waals surface area contributed by atoms with Crippen molar-refractivity contribution in [2.24, 2.45) is 0 Å². The molecule has 1 heterocycles. The lowest BCUT2D eigenvalue weighted by molar-refractivity contribution is -0.206. The number of halogens is 8. The molecule has 1 aliphatic rings. The monoisotopic (exact) mass is 455 g/mol. The van der Waals surface area contributed by atoms with Crippen LogP contribution in [-0.2, 0) is 6.18 Å². The Kier molecular flexibility index (Phi) is 5.10. The molecule has 4 rings (SSSR count). The second-order valence-electron chi connectivity index (χ2n) is 7.27. The minimum atomic E-state index is -5.20. The summed E-state index contributed by atoms with van der Waals surface area (Å²) in [4.78, 5) is 3.68. The molecule has 0 saturated heterocycles. The summed E-state index contributed by atoms with van der Waals surface area (Å²) in [5.41, 5.74) is -6.13. The number of fused-ring (bicyclic) bond motifs is 1. The summed E-state index contributed by atoms with van der Waals surface area (Å²) in [6, 6.07) is 10.0. The van der Waals surface area contributed by atoms with Crippen molar-refractivity contribution in [2.45, 2.75) is 24.4 Å². The first-order valence-electron chi connectivity index (χ1n) is 9.31. The van der Waals surface area contributed by atoms with E-state index in [1.54, 1.807) is 6.07 Å². The largest absolute Gasteiger partial charge is 0.427 e. The third kappa shape index (κ3) is 3.55. The van der Waals surface area contributed by atoms with Crippen LogP contribution in [0.4, 0.5) is 35.1 Å². The number of hydrogen-bond acceptors (Lipinski definition) is 1. The predicted molar refractivity (Wildman–Crippen MR) is 104 cm³/mol. The van der Waals surface area contributed by atoms with Crippen molar-refractivity contribution < 1.29 is 35.1 Å². The third-order valence-corrected chi connectivity index (χ3v) is 5.33. The van der Waals surface area contributed by atoms with Gasteiger partial charge in [0.1, 0.15) is 5.52 Å². The fourth-order valence-corrected chi connectivity index (χ4v) is 3.73. The van der Waals surface area contributed by atoms with Crippen LogP contribution in [0.1, 0.15) is 23.1 Å². The van der Waals surface area contributed by atoms with Crippen LogP contribution in [0.3, 0.4) is 0 Å². The van der Waals surface area contributed by atoms with Crippen molar-refractivity contribution in [3.63, 3.8) is 0 Å². The van der Waals surface area contributed by atoms with E-state index in [0.29, 0.717) is 6.07 Å². The molecule has 166 valence electrons. The van der Waals surface area contributed by atoms with Gasteiger partial charge in [0.05, 0.1) is 5.56 Å². The molecule has 0 fully saturated rings. The number of benzene rings is 2. The summed E-state index contributed by atoms with van der Waals surface area (Å²) in [7, 11) is 0. The van der Waals surface area contributed by atoms with E-state index in [-0.39, 0.29) is 22.1 Å². The standard InChI is InChI=1S/C23H13F8N/c24-19-17(22(26,27)28)7-6-16-15(9-11-32-20(16)19)14-8-10-21(25,23(29,30)31)18(12-14)13-4-2-1-3-5-13/h1-9,11-12H,10H2. The second-order valence-corrected chi connectivity index (χ2v) is 7.27. The first-order valence-corrected chi connectivity index (χ1v) is 9.31. The Morgan fingerprint density at radius 1 is 0.875 bits per heavy atom. The van der Waals surface area contributed by atoms with Gasteiger partial charge >= 0.3 is 12.4 Å². The van der Waals surface area contributed by atoms with Crippen molar-refractivity contribution in [1.82, 2.24) is 4.98 Å². The lowest BCUT2D eigenvalue weighted by Crippen LogP contribution is -2.42. The number of alkyl halides is 7. The zero-order valence-electron chi connectivity index (χ0n) is 16.0. The zero-order valence-corrected chi connectivity index (χ0v) is 16.0. The first-order chi connectivity index (χ1) is 14.9. The van der Waals surface area contributed by atoms with Crippen LogP contribution in [0, 0.1) is 5.82 Å². The summed E-state index contributed by atoms with van der Waals surface area (Å²) >= 11 is 0. The fraction of sp³-hybridized carbons (Fsp3) is 0.174. The molecular weight excluding hydrogens is 442 g/mol. The maximum atomic E-state index is 15.2. The van der Waals surface area contributed by atoms with Crippen molar-refractivity contribution in [2.75, 3.05) is 0 Å². The molecule has 1 unspecified atom stereocenters. The molecule has 0 N–H and O–H groups in total. The van der Waals surface area contributed by atoms with Gasteiger partial charge in [-0.25, -0.2) is 8.78 Å². The fourth-order valence-electron chi connectivity index (χ4n) is 3.73. The van der Waals surface area contributed by atoms with Crippen LogP contribution in [0.25, 0.3) is 22.0 Å². The summed E-state index contributed by atoms with van der Waals surface area (Å²) in [5.74, 6) is -1.59. The number of allylic oxidation sites excluding steroid dienone is 4. The van der Waals surface area contributed by atoms with Crippen molar-refractivity contribution in [3.8, 4) is 0 Å². The smallest absolute Gasteiger partial charge is 0.253 e. The molecule has 0 aliphatic heterocycles. The van der Waals surface area contributed by atoms with Crippen molar-refractivity contribution >= 4 is 22.0 Å². The van der Waals surface area contributed by atoms with Crippen LogP contribution in [0.2, 0.25) is 0 Å². The van der Waals surface area contributed by atoms with Gasteiger partial charge in [0, 0.05) is 23.6 Å². The molecule has 3 aromatic rings. The first kappa shape index (κ1) is 22.0. The van der Waals surface area contributed by atoms with Crippen LogP contribution < -0.4 is 0 Å². The summed E-state index contributed by atoms with van der Waals surface area (Å²) < 4.78 is 110. The van der Waals surface area contributed by atoms with Gasteiger partial charge in [-0.3, -0.25) is 4.98 Å². The van der Waals surface area contributed by atoms with E-state index in [1.165, 1.54) is 30.3 Å². The SMILES string of the molecule is Fc1c(C(F)(F)F)ccc2c(C3=CCC(F)(C(F)(F)F)C(c4ccccc4)=C3)ccnc12. The van der Waals surface area contributed by atoms with E-state index in [9.17, 15) is 30.7 Å². The van der Waals surface area contributed by atoms with Gasteiger partial charge in [0.2, 0.25) is 5.67 Å². The lowest BCUT2D eigenvalue weighted by atomic mass is 9.79. The zero-order chi connectivity index (χ0) is 23.3. The Bertz CT molecular complexity index is 1240. The topological polar surface area (TPSA) is 12.9 Å².